The molecule has 0 bridgehead atoms. The average Bonchev–Trinajstić information content (AvgIpc) is 2.75. The van der Waals surface area contributed by atoms with Gasteiger partial charge in [-0.25, -0.2) is 0 Å². The molecule has 3 N–H and O–H groups in total. The summed E-state index contributed by atoms with van der Waals surface area (Å²) >= 11 is 0. The molecule has 0 radical (unpaired) electrons. The highest BCUT2D eigenvalue weighted by atomic mass is 16.5. The van der Waals surface area contributed by atoms with Crippen LogP contribution in [-0.2, 0) is 11.8 Å². The Balaban J connectivity index is 2.33. The van der Waals surface area contributed by atoms with E-state index in [0.29, 0.717) is 6.61 Å². The van der Waals surface area contributed by atoms with Crippen LogP contribution in [0.15, 0.2) is 36.4 Å². The minimum atomic E-state index is -0.655. The molecule has 2 rings (SSSR count). The summed E-state index contributed by atoms with van der Waals surface area (Å²) in [5, 5.41) is 28.6. The molecule has 0 aliphatic rings. The molecular weight excluding hydrogens is 400 g/mol. The van der Waals surface area contributed by atoms with E-state index in [1.54, 1.807) is 0 Å². The first-order valence-electron chi connectivity index (χ1n) is 11.9. The summed E-state index contributed by atoms with van der Waals surface area (Å²) in [5.41, 5.74) is 5.48. The van der Waals surface area contributed by atoms with Crippen LogP contribution in [-0.4, -0.2) is 40.7 Å². The molecule has 0 aliphatic heterocycles. The summed E-state index contributed by atoms with van der Waals surface area (Å²) in [6, 6.07) is 13.2. The van der Waals surface area contributed by atoms with Crippen molar-refractivity contribution in [2.75, 3.05) is 19.8 Å². The average molecular weight is 443 g/mol. The lowest BCUT2D eigenvalue weighted by molar-refractivity contribution is 0.0713. The number of benzene rings is 2. The predicted octanol–water partition coefficient (Wildman–Crippen LogP) is 5.09. The molecule has 4 heteroatoms. The monoisotopic (exact) mass is 442 g/mol. The zero-order valence-corrected chi connectivity index (χ0v) is 20.7. The Morgan fingerprint density at radius 3 is 1.91 bits per heavy atom. The van der Waals surface area contributed by atoms with Crippen LogP contribution in [0.25, 0.3) is 0 Å². The van der Waals surface area contributed by atoms with E-state index in [1.807, 2.05) is 26.8 Å². The molecular formula is C28H42O4. The molecule has 0 heterocycles. The lowest BCUT2D eigenvalue weighted by atomic mass is 9.69. The first-order chi connectivity index (χ1) is 15.1. The smallest absolute Gasteiger partial charge is 0.122 e. The van der Waals surface area contributed by atoms with Gasteiger partial charge in [0.25, 0.3) is 0 Å². The van der Waals surface area contributed by atoms with E-state index in [9.17, 15) is 15.3 Å². The van der Waals surface area contributed by atoms with Crippen molar-refractivity contribution in [3.63, 3.8) is 0 Å². The number of rotatable bonds is 12. The molecule has 0 saturated carbocycles. The first-order valence-corrected chi connectivity index (χ1v) is 11.9. The van der Waals surface area contributed by atoms with Crippen LogP contribution in [0.4, 0.5) is 0 Å². The SMILES string of the molecule is CCC(CC)(c1ccc(CCC(C)(C)O)c(C)c1)c1ccc(OCC(CO)CO)c(C)c1. The van der Waals surface area contributed by atoms with Gasteiger partial charge in [-0.15, -0.1) is 0 Å². The minimum absolute atomic E-state index is 0.0818. The van der Waals surface area contributed by atoms with Crippen molar-refractivity contribution in [2.45, 2.75) is 78.2 Å². The van der Waals surface area contributed by atoms with E-state index < -0.39 is 5.60 Å². The number of aryl methyl sites for hydroxylation is 3. The highest BCUT2D eigenvalue weighted by Crippen LogP contribution is 2.41. The minimum Gasteiger partial charge on any atom is -0.493 e. The normalized spacial score (nSPS) is 12.4. The third-order valence-corrected chi connectivity index (χ3v) is 6.83. The molecule has 0 unspecified atom stereocenters. The highest BCUT2D eigenvalue weighted by molar-refractivity contribution is 5.47. The molecule has 0 aromatic heterocycles. The standard InChI is InChI=1S/C28H42O4/c1-7-28(8-2,24-10-9-23(20(3)15-24)13-14-27(5,6)31)25-11-12-26(21(4)16-25)32-19-22(17-29)18-30/h9-12,15-16,22,29-31H,7-8,13-14,17-19H2,1-6H3. The van der Waals surface area contributed by atoms with Gasteiger partial charge in [0.2, 0.25) is 0 Å². The van der Waals surface area contributed by atoms with Crippen molar-refractivity contribution < 1.29 is 20.1 Å². The topological polar surface area (TPSA) is 69.9 Å². The van der Waals surface area contributed by atoms with Gasteiger partial charge < -0.3 is 20.1 Å². The van der Waals surface area contributed by atoms with Crippen LogP contribution in [0, 0.1) is 19.8 Å². The molecule has 0 atom stereocenters. The van der Waals surface area contributed by atoms with Gasteiger partial charge in [0.15, 0.2) is 0 Å². The maximum Gasteiger partial charge on any atom is 0.122 e. The molecule has 32 heavy (non-hydrogen) atoms. The fraction of sp³-hybridized carbons (Fsp3) is 0.571. The summed E-state index contributed by atoms with van der Waals surface area (Å²) in [6.45, 7) is 12.5. The van der Waals surface area contributed by atoms with Crippen molar-refractivity contribution >= 4 is 0 Å². The van der Waals surface area contributed by atoms with Crippen LogP contribution in [0.2, 0.25) is 0 Å². The fourth-order valence-electron chi connectivity index (χ4n) is 4.43. The number of aliphatic hydroxyl groups is 3. The summed E-state index contributed by atoms with van der Waals surface area (Å²) in [4.78, 5) is 0. The maximum absolute atomic E-state index is 10.1. The van der Waals surface area contributed by atoms with Crippen molar-refractivity contribution in [1.82, 2.24) is 0 Å². The van der Waals surface area contributed by atoms with Crippen LogP contribution in [0.1, 0.15) is 74.8 Å². The molecule has 0 spiro atoms. The summed E-state index contributed by atoms with van der Waals surface area (Å²) in [6.07, 6.45) is 3.59. The third kappa shape index (κ3) is 6.34. The molecule has 2 aromatic rings. The Kier molecular flexibility index (Phi) is 9.32. The Bertz CT molecular complexity index is 858. The number of aliphatic hydroxyl groups excluding tert-OH is 2. The molecule has 0 saturated heterocycles. The number of hydrogen-bond acceptors (Lipinski definition) is 4. The van der Waals surface area contributed by atoms with Gasteiger partial charge in [0.05, 0.1) is 25.4 Å². The second-order valence-electron chi connectivity index (χ2n) is 9.77. The van der Waals surface area contributed by atoms with Gasteiger partial charge in [-0.1, -0.05) is 44.2 Å². The third-order valence-electron chi connectivity index (χ3n) is 6.83. The first kappa shape index (κ1) is 26.4. The molecule has 0 aliphatic carbocycles. The van der Waals surface area contributed by atoms with E-state index in [4.69, 9.17) is 4.74 Å². The molecule has 2 aromatic carbocycles. The lowest BCUT2D eigenvalue weighted by Gasteiger charge is -2.34. The zero-order chi connectivity index (χ0) is 23.9. The van der Waals surface area contributed by atoms with Crippen molar-refractivity contribution in [3.05, 3.63) is 64.2 Å². The van der Waals surface area contributed by atoms with Crippen LogP contribution in [0.5, 0.6) is 5.75 Å². The summed E-state index contributed by atoms with van der Waals surface area (Å²) in [5.74, 6) is 0.525. The predicted molar refractivity (Wildman–Crippen MR) is 131 cm³/mol. The van der Waals surface area contributed by atoms with Gasteiger partial charge >= 0.3 is 0 Å². The second-order valence-corrected chi connectivity index (χ2v) is 9.77. The Morgan fingerprint density at radius 1 is 0.875 bits per heavy atom. The Morgan fingerprint density at radius 2 is 1.44 bits per heavy atom. The van der Waals surface area contributed by atoms with Crippen LogP contribution >= 0.6 is 0 Å². The van der Waals surface area contributed by atoms with Crippen molar-refractivity contribution in [2.24, 2.45) is 5.92 Å². The molecule has 0 amide bonds. The molecule has 0 fully saturated rings. The number of hydrogen-bond donors (Lipinski definition) is 3. The van der Waals surface area contributed by atoms with Gasteiger partial charge in [0.1, 0.15) is 5.75 Å². The van der Waals surface area contributed by atoms with Gasteiger partial charge in [0, 0.05) is 11.3 Å². The maximum atomic E-state index is 10.1. The summed E-state index contributed by atoms with van der Waals surface area (Å²) < 4.78 is 5.87. The Hall–Kier alpha value is -1.88. The quantitative estimate of drug-likeness (QED) is 0.428. The molecule has 4 nitrogen and oxygen atoms in total. The van der Waals surface area contributed by atoms with Gasteiger partial charge in [-0.05, 0) is 87.3 Å². The van der Waals surface area contributed by atoms with E-state index in [-0.39, 0.29) is 24.5 Å². The summed E-state index contributed by atoms with van der Waals surface area (Å²) in [7, 11) is 0. The molecule has 178 valence electrons. The lowest BCUT2D eigenvalue weighted by Crippen LogP contribution is -2.26. The van der Waals surface area contributed by atoms with Crippen molar-refractivity contribution in [3.8, 4) is 5.75 Å². The second kappa shape index (κ2) is 11.3. The number of ether oxygens (including phenoxy) is 1. The Labute approximate surface area is 194 Å². The van der Waals surface area contributed by atoms with Crippen LogP contribution in [0.3, 0.4) is 0 Å². The van der Waals surface area contributed by atoms with Gasteiger partial charge in [-0.2, -0.15) is 0 Å². The fourth-order valence-corrected chi connectivity index (χ4v) is 4.43. The largest absolute Gasteiger partial charge is 0.493 e. The van der Waals surface area contributed by atoms with E-state index in [0.717, 1.165) is 37.0 Å². The van der Waals surface area contributed by atoms with E-state index in [2.05, 4.69) is 51.1 Å². The van der Waals surface area contributed by atoms with E-state index in [1.165, 1.54) is 22.3 Å². The zero-order valence-electron chi connectivity index (χ0n) is 20.7. The van der Waals surface area contributed by atoms with Crippen LogP contribution < -0.4 is 4.74 Å². The van der Waals surface area contributed by atoms with E-state index >= 15 is 0 Å². The highest BCUT2D eigenvalue weighted by Gasteiger charge is 2.31. The van der Waals surface area contributed by atoms with Crippen molar-refractivity contribution in [1.29, 1.82) is 0 Å². The van der Waals surface area contributed by atoms with Gasteiger partial charge in [-0.3, -0.25) is 0 Å².